The molecule has 0 rings (SSSR count). The first kappa shape index (κ1) is 93.1. The molecule has 0 amide bonds. The molecule has 3 unspecified atom stereocenters. The van der Waals surface area contributed by atoms with Crippen molar-refractivity contribution in [1.82, 2.24) is 0 Å². The van der Waals surface area contributed by atoms with Gasteiger partial charge in [-0.3, -0.25) is 37.3 Å². The molecule has 0 aromatic heterocycles. The monoisotopic (exact) mass is 1400 g/mol. The van der Waals surface area contributed by atoms with Gasteiger partial charge in [0.15, 0.2) is 12.2 Å². The Bertz CT molecular complexity index is 1870. The van der Waals surface area contributed by atoms with Gasteiger partial charge >= 0.3 is 39.5 Å². The summed E-state index contributed by atoms with van der Waals surface area (Å²) in [6.07, 6.45) is 50.0. The van der Waals surface area contributed by atoms with Gasteiger partial charge in [0.25, 0.3) is 0 Å². The summed E-state index contributed by atoms with van der Waals surface area (Å²) in [4.78, 5) is 72.8. The van der Waals surface area contributed by atoms with E-state index >= 15 is 0 Å². The fraction of sp³-hybridized carbons (Fsp3) is 0.947. The minimum absolute atomic E-state index is 0.103. The molecular formula is C76H148O17P2. The van der Waals surface area contributed by atoms with Crippen LogP contribution in [0.15, 0.2) is 0 Å². The summed E-state index contributed by atoms with van der Waals surface area (Å²) >= 11 is 0. The summed E-state index contributed by atoms with van der Waals surface area (Å²) in [7, 11) is -9.91. The zero-order chi connectivity index (χ0) is 70.3. The molecule has 0 saturated carbocycles. The molecule has 0 aliphatic carbocycles. The smallest absolute Gasteiger partial charge is 0.462 e. The highest BCUT2D eigenvalue weighted by atomic mass is 31.2. The molecule has 564 valence electrons. The zero-order valence-corrected chi connectivity index (χ0v) is 64.1. The van der Waals surface area contributed by atoms with Crippen LogP contribution in [0, 0.1) is 23.7 Å². The highest BCUT2D eigenvalue weighted by molar-refractivity contribution is 7.47. The lowest BCUT2D eigenvalue weighted by Gasteiger charge is -2.21. The van der Waals surface area contributed by atoms with Gasteiger partial charge in [0.2, 0.25) is 0 Å². The zero-order valence-electron chi connectivity index (χ0n) is 62.3. The normalized spacial score (nSPS) is 14.4. The van der Waals surface area contributed by atoms with Gasteiger partial charge < -0.3 is 33.8 Å². The van der Waals surface area contributed by atoms with Crippen LogP contribution in [0.3, 0.4) is 0 Å². The lowest BCUT2D eigenvalue weighted by Crippen LogP contribution is -2.30. The molecule has 0 radical (unpaired) electrons. The molecule has 0 heterocycles. The number of hydrogen-bond donors (Lipinski definition) is 3. The molecule has 0 aromatic rings. The van der Waals surface area contributed by atoms with E-state index in [9.17, 15) is 43.2 Å². The molecule has 0 aromatic carbocycles. The summed E-state index contributed by atoms with van der Waals surface area (Å²) < 4.78 is 68.5. The lowest BCUT2D eigenvalue weighted by atomic mass is 10.00. The molecule has 0 spiro atoms. The Balaban J connectivity index is 5.24. The van der Waals surface area contributed by atoms with Crippen molar-refractivity contribution in [3.63, 3.8) is 0 Å². The molecule has 6 atom stereocenters. The summed E-state index contributed by atoms with van der Waals surface area (Å²) in [6, 6.07) is 0. The van der Waals surface area contributed by atoms with E-state index in [1.54, 1.807) is 0 Å². The molecule has 0 aliphatic rings. The maximum atomic E-state index is 13.1. The first-order chi connectivity index (χ1) is 45.6. The third-order valence-corrected chi connectivity index (χ3v) is 19.8. The van der Waals surface area contributed by atoms with E-state index in [1.165, 1.54) is 180 Å². The Kier molecular flexibility index (Phi) is 64.0. The number of hydrogen-bond acceptors (Lipinski definition) is 15. The second-order valence-electron chi connectivity index (χ2n) is 29.1. The highest BCUT2D eigenvalue weighted by Gasteiger charge is 2.30. The quantitative estimate of drug-likeness (QED) is 0.0222. The Morgan fingerprint density at radius 3 is 0.747 bits per heavy atom. The van der Waals surface area contributed by atoms with Crippen molar-refractivity contribution < 1.29 is 80.2 Å². The summed E-state index contributed by atoms with van der Waals surface area (Å²) in [5.74, 6) is 0.920. The van der Waals surface area contributed by atoms with Gasteiger partial charge in [0, 0.05) is 25.7 Å². The molecular weight excluding hydrogens is 1250 g/mol. The molecule has 0 fully saturated rings. The average Bonchev–Trinajstić information content (AvgIpc) is 2.29. The Morgan fingerprint density at radius 1 is 0.295 bits per heavy atom. The number of rotatable bonds is 73. The van der Waals surface area contributed by atoms with Crippen molar-refractivity contribution in [3.05, 3.63) is 0 Å². The van der Waals surface area contributed by atoms with Crippen LogP contribution in [0.25, 0.3) is 0 Å². The number of carbonyl (C=O) groups excluding carboxylic acids is 4. The molecule has 0 bridgehead atoms. The van der Waals surface area contributed by atoms with Gasteiger partial charge in [0.1, 0.15) is 19.3 Å². The molecule has 95 heavy (non-hydrogen) atoms. The van der Waals surface area contributed by atoms with Gasteiger partial charge in [-0.05, 0) is 49.4 Å². The number of carbonyl (C=O) groups is 4. The summed E-state index contributed by atoms with van der Waals surface area (Å²) in [6.45, 7) is 14.2. The fourth-order valence-corrected chi connectivity index (χ4v) is 13.1. The fourth-order valence-electron chi connectivity index (χ4n) is 11.5. The molecule has 17 nitrogen and oxygen atoms in total. The van der Waals surface area contributed by atoms with Gasteiger partial charge in [-0.15, -0.1) is 0 Å². The Hall–Kier alpha value is -1.94. The Labute approximate surface area is 581 Å². The van der Waals surface area contributed by atoms with Crippen LogP contribution in [0.5, 0.6) is 0 Å². The maximum absolute atomic E-state index is 13.1. The molecule has 0 aliphatic heterocycles. The van der Waals surface area contributed by atoms with Crippen LogP contribution in [0.1, 0.15) is 383 Å². The van der Waals surface area contributed by atoms with Gasteiger partial charge in [0.05, 0.1) is 26.4 Å². The van der Waals surface area contributed by atoms with E-state index in [2.05, 4.69) is 55.4 Å². The van der Waals surface area contributed by atoms with Crippen LogP contribution in [0.4, 0.5) is 0 Å². The third-order valence-electron chi connectivity index (χ3n) is 17.9. The van der Waals surface area contributed by atoms with Crippen LogP contribution in [-0.2, 0) is 65.4 Å². The number of unbranched alkanes of at least 4 members (excludes halogenated alkanes) is 38. The average molecular weight is 1400 g/mol. The van der Waals surface area contributed by atoms with Gasteiger partial charge in [-0.25, -0.2) is 9.13 Å². The van der Waals surface area contributed by atoms with Crippen LogP contribution in [-0.4, -0.2) is 96.7 Å². The maximum Gasteiger partial charge on any atom is 0.472 e. The SMILES string of the molecule is CCC(C)CCCCCCCCC(=O)OC[C@H](COP(=O)(O)OC[C@H](O)COP(=O)(O)OC[C@@H](COC(=O)CCCCCCCCCCCCCCCC(C)C)OC(=O)CCCCCCCCCCCCCCCCCC(C)C)OC(=O)CCCCCCCCCCC(C)C. The molecule has 3 N–H and O–H groups in total. The van der Waals surface area contributed by atoms with Gasteiger partial charge in [-0.1, -0.05) is 331 Å². The first-order valence-electron chi connectivity index (χ1n) is 39.2. The van der Waals surface area contributed by atoms with E-state index in [-0.39, 0.29) is 25.7 Å². The van der Waals surface area contributed by atoms with Crippen LogP contribution in [0.2, 0.25) is 0 Å². The number of aliphatic hydroxyl groups is 1. The standard InChI is InChI=1S/C76H148O17P2/c1-9-69(8)55-47-39-34-35-41-49-57-74(79)87-63-72(93-76(81)59-51-43-33-27-26-30-38-46-54-68(6)7)65-91-95(84,85)89-61-70(77)60-88-94(82,83)90-64-71(62-86-73(78)56-48-40-31-24-20-17-13-15-19-23-29-37-45-53-67(4)5)92-75(80)58-50-42-32-25-21-16-12-10-11-14-18-22-28-36-44-52-66(2)3/h66-72,77H,9-65H2,1-8H3,(H,82,83)(H,84,85)/t69?,70-,71-,72-/m1/s1. The summed E-state index contributed by atoms with van der Waals surface area (Å²) in [5, 5.41) is 10.6. The van der Waals surface area contributed by atoms with Gasteiger partial charge in [-0.2, -0.15) is 0 Å². The minimum Gasteiger partial charge on any atom is -0.462 e. The molecule has 19 heteroatoms. The lowest BCUT2D eigenvalue weighted by molar-refractivity contribution is -0.161. The van der Waals surface area contributed by atoms with E-state index in [1.807, 2.05) is 0 Å². The van der Waals surface area contributed by atoms with E-state index < -0.39 is 97.5 Å². The number of phosphoric ester groups is 2. The van der Waals surface area contributed by atoms with E-state index in [0.29, 0.717) is 25.7 Å². The van der Waals surface area contributed by atoms with Crippen molar-refractivity contribution in [2.75, 3.05) is 39.6 Å². The topological polar surface area (TPSA) is 237 Å². The summed E-state index contributed by atoms with van der Waals surface area (Å²) in [5.41, 5.74) is 0. The number of ether oxygens (including phenoxy) is 4. The molecule has 0 saturated heterocycles. The second kappa shape index (κ2) is 65.4. The van der Waals surface area contributed by atoms with E-state index in [4.69, 9.17) is 37.0 Å². The van der Waals surface area contributed by atoms with Crippen molar-refractivity contribution in [2.45, 2.75) is 401 Å². The van der Waals surface area contributed by atoms with Crippen molar-refractivity contribution in [1.29, 1.82) is 0 Å². The largest absolute Gasteiger partial charge is 0.472 e. The number of aliphatic hydroxyl groups excluding tert-OH is 1. The predicted molar refractivity (Wildman–Crippen MR) is 386 cm³/mol. The Morgan fingerprint density at radius 2 is 0.505 bits per heavy atom. The third kappa shape index (κ3) is 69.0. The van der Waals surface area contributed by atoms with Crippen molar-refractivity contribution in [2.24, 2.45) is 23.7 Å². The second-order valence-corrected chi connectivity index (χ2v) is 32.0. The minimum atomic E-state index is -4.96. The predicted octanol–water partition coefficient (Wildman–Crippen LogP) is 22.0. The van der Waals surface area contributed by atoms with E-state index in [0.717, 1.165) is 120 Å². The van der Waals surface area contributed by atoms with Crippen LogP contribution < -0.4 is 0 Å². The van der Waals surface area contributed by atoms with Crippen molar-refractivity contribution in [3.8, 4) is 0 Å². The van der Waals surface area contributed by atoms with Crippen LogP contribution >= 0.6 is 15.6 Å². The number of esters is 4. The number of phosphoric acid groups is 2. The van der Waals surface area contributed by atoms with Crippen molar-refractivity contribution >= 4 is 39.5 Å². The highest BCUT2D eigenvalue weighted by Crippen LogP contribution is 2.45. The first-order valence-corrected chi connectivity index (χ1v) is 42.2.